The van der Waals surface area contributed by atoms with Crippen molar-refractivity contribution < 1.29 is 54.7 Å². The van der Waals surface area contributed by atoms with Gasteiger partial charge in [0.25, 0.3) is 0 Å². The van der Waals surface area contributed by atoms with Gasteiger partial charge in [-0.3, -0.25) is 0 Å². The van der Waals surface area contributed by atoms with Gasteiger partial charge >= 0.3 is 0 Å². The summed E-state index contributed by atoms with van der Waals surface area (Å²) >= 11 is 0. The maximum atomic E-state index is 9.91. The number of aliphatic hydroxyl groups excluding tert-OH is 7. The molecular weight excluding hydrogens is 332 g/mol. The minimum Gasteiger partial charge on any atom is -0.394 e. The smallest absolute Gasteiger partial charge is 0.186 e. The van der Waals surface area contributed by atoms with Gasteiger partial charge in [0, 0.05) is 7.11 Å². The Balaban J connectivity index is 1.96. The van der Waals surface area contributed by atoms with Gasteiger partial charge in [-0.05, 0) is 0 Å². The van der Waals surface area contributed by atoms with Crippen LogP contribution in [0.3, 0.4) is 0 Å². The van der Waals surface area contributed by atoms with Crippen molar-refractivity contribution in [3.05, 3.63) is 0 Å². The average molecular weight is 356 g/mol. The molecule has 2 saturated heterocycles. The zero-order valence-corrected chi connectivity index (χ0v) is 13.0. The van der Waals surface area contributed by atoms with E-state index in [2.05, 4.69) is 0 Å². The minimum atomic E-state index is -1.60. The van der Waals surface area contributed by atoms with Gasteiger partial charge in [0.1, 0.15) is 48.8 Å². The predicted octanol–water partition coefficient (Wildman–Crippen LogP) is -4.74. The average Bonchev–Trinajstić information content (AvgIpc) is 2.58. The SMILES string of the molecule is CO[C@H]1O[C@H](CO[C@@H]2O[C@H](CO)[C@H](O)[C@H](O)[C@H]2O)[C@@H](O)[C@H](O)[C@@H]1O. The van der Waals surface area contributed by atoms with Crippen molar-refractivity contribution in [3.63, 3.8) is 0 Å². The molecule has 7 N–H and O–H groups in total. The van der Waals surface area contributed by atoms with E-state index in [0.717, 1.165) is 0 Å². The van der Waals surface area contributed by atoms with E-state index in [1.165, 1.54) is 7.11 Å². The fourth-order valence-electron chi connectivity index (χ4n) is 2.64. The highest BCUT2D eigenvalue weighted by atomic mass is 16.7. The molecular formula is C13H24O11. The first kappa shape index (κ1) is 19.9. The summed E-state index contributed by atoms with van der Waals surface area (Å²) in [6.45, 7) is -0.989. The van der Waals surface area contributed by atoms with Crippen LogP contribution in [0, 0.1) is 0 Å². The Morgan fingerprint density at radius 1 is 0.708 bits per heavy atom. The normalized spacial score (nSPS) is 50.0. The predicted molar refractivity (Wildman–Crippen MR) is 73.4 cm³/mol. The first-order valence-electron chi connectivity index (χ1n) is 7.46. The van der Waals surface area contributed by atoms with Crippen LogP contribution < -0.4 is 0 Å². The third-order valence-corrected chi connectivity index (χ3v) is 4.17. The molecule has 0 bridgehead atoms. The van der Waals surface area contributed by atoms with Crippen molar-refractivity contribution in [1.29, 1.82) is 0 Å². The first-order valence-corrected chi connectivity index (χ1v) is 7.46. The van der Waals surface area contributed by atoms with Crippen molar-refractivity contribution in [2.75, 3.05) is 20.3 Å². The fraction of sp³-hybridized carbons (Fsp3) is 1.00. The molecule has 0 radical (unpaired) electrons. The molecule has 142 valence electrons. The first-order chi connectivity index (χ1) is 11.3. The number of ether oxygens (including phenoxy) is 4. The molecule has 2 rings (SSSR count). The Morgan fingerprint density at radius 2 is 1.21 bits per heavy atom. The number of hydrogen-bond acceptors (Lipinski definition) is 11. The molecule has 2 aliphatic heterocycles. The van der Waals surface area contributed by atoms with Crippen LogP contribution in [0.4, 0.5) is 0 Å². The minimum absolute atomic E-state index is 0.381. The topological polar surface area (TPSA) is 179 Å². The summed E-state index contributed by atoms with van der Waals surface area (Å²) < 4.78 is 20.5. The molecule has 24 heavy (non-hydrogen) atoms. The van der Waals surface area contributed by atoms with Gasteiger partial charge in [0.2, 0.25) is 0 Å². The van der Waals surface area contributed by atoms with E-state index in [4.69, 9.17) is 24.1 Å². The zero-order chi connectivity index (χ0) is 18.0. The molecule has 0 saturated carbocycles. The third kappa shape index (κ3) is 3.86. The third-order valence-electron chi connectivity index (χ3n) is 4.17. The number of methoxy groups -OCH3 is 1. The van der Waals surface area contributed by atoms with Crippen LogP contribution in [0.5, 0.6) is 0 Å². The van der Waals surface area contributed by atoms with Crippen molar-refractivity contribution in [2.24, 2.45) is 0 Å². The summed E-state index contributed by atoms with van der Waals surface area (Å²) in [5.74, 6) is 0. The van der Waals surface area contributed by atoms with Crippen LogP contribution >= 0.6 is 0 Å². The van der Waals surface area contributed by atoms with Crippen molar-refractivity contribution in [2.45, 2.75) is 61.4 Å². The molecule has 2 aliphatic rings. The Kier molecular flexibility index (Phi) is 6.87. The van der Waals surface area contributed by atoms with E-state index in [1.807, 2.05) is 0 Å². The number of aliphatic hydroxyl groups is 7. The second-order valence-corrected chi connectivity index (χ2v) is 5.78. The lowest BCUT2D eigenvalue weighted by atomic mass is 9.98. The summed E-state index contributed by atoms with van der Waals surface area (Å²) in [5, 5.41) is 67.6. The summed E-state index contributed by atoms with van der Waals surface area (Å²) in [6, 6.07) is 0. The van der Waals surface area contributed by atoms with Crippen molar-refractivity contribution in [3.8, 4) is 0 Å². The molecule has 0 spiro atoms. The van der Waals surface area contributed by atoms with Crippen molar-refractivity contribution >= 4 is 0 Å². The molecule has 0 aliphatic carbocycles. The number of hydrogen-bond donors (Lipinski definition) is 7. The Bertz CT molecular complexity index is 356. The van der Waals surface area contributed by atoms with Gasteiger partial charge in [-0.15, -0.1) is 0 Å². The van der Waals surface area contributed by atoms with E-state index in [-0.39, 0.29) is 6.61 Å². The lowest BCUT2D eigenvalue weighted by Crippen LogP contribution is -2.61. The lowest BCUT2D eigenvalue weighted by molar-refractivity contribution is -0.328. The molecule has 11 heteroatoms. The van der Waals surface area contributed by atoms with E-state index in [1.54, 1.807) is 0 Å². The van der Waals surface area contributed by atoms with Crippen LogP contribution in [0.15, 0.2) is 0 Å². The van der Waals surface area contributed by atoms with Crippen molar-refractivity contribution in [1.82, 2.24) is 0 Å². The molecule has 2 fully saturated rings. The highest BCUT2D eigenvalue weighted by Crippen LogP contribution is 2.25. The van der Waals surface area contributed by atoms with Crippen LogP contribution in [-0.2, 0) is 18.9 Å². The molecule has 0 aromatic heterocycles. The number of rotatable bonds is 5. The van der Waals surface area contributed by atoms with Crippen LogP contribution in [-0.4, -0.2) is 117 Å². The quantitative estimate of drug-likeness (QED) is 0.251. The Labute approximate surface area is 137 Å². The van der Waals surface area contributed by atoms with Gasteiger partial charge in [-0.1, -0.05) is 0 Å². The second kappa shape index (κ2) is 8.29. The Morgan fingerprint density at radius 3 is 1.75 bits per heavy atom. The second-order valence-electron chi connectivity index (χ2n) is 5.78. The van der Waals surface area contributed by atoms with Crippen LogP contribution in [0.1, 0.15) is 0 Å². The van der Waals surface area contributed by atoms with Gasteiger partial charge in [0.15, 0.2) is 12.6 Å². The highest BCUT2D eigenvalue weighted by Gasteiger charge is 2.47. The molecule has 11 nitrogen and oxygen atoms in total. The standard InChI is InChI=1S/C13H24O11/c1-21-12-10(19)9(18)7(16)5(24-12)3-22-13-11(20)8(17)6(15)4(2-14)23-13/h4-20H,2-3H2,1H3/t4-,5-,6+,7-,8+,9+,10+,11-,12+,13-/m1/s1. The fourth-order valence-corrected chi connectivity index (χ4v) is 2.64. The van der Waals surface area contributed by atoms with Gasteiger partial charge in [-0.2, -0.15) is 0 Å². The van der Waals surface area contributed by atoms with E-state index in [0.29, 0.717) is 0 Å². The summed E-state index contributed by atoms with van der Waals surface area (Å²) in [4.78, 5) is 0. The zero-order valence-electron chi connectivity index (χ0n) is 13.0. The van der Waals surface area contributed by atoms with E-state index >= 15 is 0 Å². The van der Waals surface area contributed by atoms with Gasteiger partial charge < -0.3 is 54.7 Å². The molecule has 0 unspecified atom stereocenters. The van der Waals surface area contributed by atoms with Crippen LogP contribution in [0.25, 0.3) is 0 Å². The largest absolute Gasteiger partial charge is 0.394 e. The monoisotopic (exact) mass is 356 g/mol. The molecule has 2 heterocycles. The lowest BCUT2D eigenvalue weighted by Gasteiger charge is -2.42. The molecule has 0 aromatic carbocycles. The summed E-state index contributed by atoms with van der Waals surface area (Å²) in [5.41, 5.74) is 0. The molecule has 0 aromatic rings. The Hall–Kier alpha value is -0.440. The maximum Gasteiger partial charge on any atom is 0.186 e. The van der Waals surface area contributed by atoms with E-state index < -0.39 is 68.0 Å². The molecule has 10 atom stereocenters. The molecule has 0 amide bonds. The van der Waals surface area contributed by atoms with Gasteiger partial charge in [-0.25, -0.2) is 0 Å². The summed E-state index contributed by atoms with van der Waals surface area (Å²) in [6.07, 6.45) is -14.0. The maximum absolute atomic E-state index is 9.91. The summed E-state index contributed by atoms with van der Waals surface area (Å²) in [7, 11) is 1.24. The van der Waals surface area contributed by atoms with Crippen LogP contribution in [0.2, 0.25) is 0 Å². The van der Waals surface area contributed by atoms with E-state index in [9.17, 15) is 30.6 Å². The highest BCUT2D eigenvalue weighted by molar-refractivity contribution is 4.91. The van der Waals surface area contributed by atoms with Gasteiger partial charge in [0.05, 0.1) is 13.2 Å².